The van der Waals surface area contributed by atoms with E-state index in [1.165, 1.54) is 0 Å². The summed E-state index contributed by atoms with van der Waals surface area (Å²) >= 11 is 5.45. The second-order valence-electron chi connectivity index (χ2n) is 3.57. The van der Waals surface area contributed by atoms with Crippen LogP contribution in [-0.2, 0) is 11.0 Å². The summed E-state index contributed by atoms with van der Waals surface area (Å²) in [6, 6.07) is 1.98. The lowest BCUT2D eigenvalue weighted by Gasteiger charge is -2.21. The highest BCUT2D eigenvalue weighted by Gasteiger charge is 2.43. The Morgan fingerprint density at radius 1 is 1.26 bits per heavy atom. The Kier molecular flexibility index (Phi) is 2.97. The minimum Gasteiger partial charge on any atom is -0.410 e. The third-order valence-corrected chi connectivity index (χ3v) is 2.76. The van der Waals surface area contributed by atoms with Gasteiger partial charge in [-0.3, -0.25) is 9.59 Å². The van der Waals surface area contributed by atoms with E-state index in [4.69, 9.17) is 16.8 Å². The molecular formula is C10H4ClF3N2O3. The summed E-state index contributed by atoms with van der Waals surface area (Å²) in [5.74, 6) is -2.42. The minimum absolute atomic E-state index is 0.334. The van der Waals surface area contributed by atoms with Crippen LogP contribution in [0.3, 0.4) is 0 Å². The van der Waals surface area contributed by atoms with Gasteiger partial charge in [-0.25, -0.2) is 0 Å². The maximum absolute atomic E-state index is 12.9. The number of anilines is 1. The van der Waals surface area contributed by atoms with Crippen LogP contribution in [0.25, 0.3) is 0 Å². The van der Waals surface area contributed by atoms with Crippen molar-refractivity contribution in [2.75, 3.05) is 5.32 Å². The number of Topliss-reactive ketones (excluding diaryl/α,β-unsaturated/α-hetero) is 1. The number of carbonyl (C=O) groups is 2. The maximum atomic E-state index is 12.9. The van der Waals surface area contributed by atoms with Gasteiger partial charge in [0.25, 0.3) is 5.91 Å². The molecule has 2 rings (SSSR count). The Bertz CT molecular complexity index is 625. The number of nitrogens with zero attached hydrogens (tertiary/aromatic N) is 1. The number of ketones is 1. The fourth-order valence-electron chi connectivity index (χ4n) is 1.69. The quantitative estimate of drug-likeness (QED) is 0.569. The first kappa shape index (κ1) is 13.3. The Morgan fingerprint density at radius 2 is 1.89 bits per heavy atom. The number of fused-ring (bicyclic) bond motifs is 1. The van der Waals surface area contributed by atoms with Crippen molar-refractivity contribution in [2.45, 2.75) is 6.18 Å². The van der Waals surface area contributed by atoms with E-state index >= 15 is 0 Å². The molecule has 2 N–H and O–H groups in total. The van der Waals surface area contributed by atoms with Crippen LogP contribution in [0.1, 0.15) is 15.9 Å². The molecule has 1 aromatic rings. The molecule has 1 aliphatic heterocycles. The molecule has 1 heterocycles. The molecule has 0 radical (unpaired) electrons. The van der Waals surface area contributed by atoms with E-state index in [1.807, 2.05) is 5.32 Å². The summed E-state index contributed by atoms with van der Waals surface area (Å²) in [4.78, 5) is 23.1. The molecular weight excluding hydrogens is 289 g/mol. The van der Waals surface area contributed by atoms with E-state index < -0.39 is 39.7 Å². The van der Waals surface area contributed by atoms with E-state index in [0.717, 1.165) is 12.1 Å². The number of nitrogens with one attached hydrogen (secondary N) is 1. The van der Waals surface area contributed by atoms with Gasteiger partial charge in [0.15, 0.2) is 0 Å². The van der Waals surface area contributed by atoms with Crippen molar-refractivity contribution < 1.29 is 28.0 Å². The van der Waals surface area contributed by atoms with Gasteiger partial charge in [-0.1, -0.05) is 16.8 Å². The summed E-state index contributed by atoms with van der Waals surface area (Å²) in [5, 5.41) is 12.3. The summed E-state index contributed by atoms with van der Waals surface area (Å²) in [6.45, 7) is 0. The lowest BCUT2D eigenvalue weighted by molar-refractivity contribution is -0.137. The van der Waals surface area contributed by atoms with Crippen molar-refractivity contribution in [3.05, 3.63) is 28.3 Å². The highest BCUT2D eigenvalue weighted by molar-refractivity contribution is 6.72. The summed E-state index contributed by atoms with van der Waals surface area (Å²) in [7, 11) is 0. The molecule has 0 saturated heterocycles. The monoisotopic (exact) mass is 292 g/mol. The average molecular weight is 293 g/mol. The number of hydrogen-bond donors (Lipinski definition) is 2. The molecule has 19 heavy (non-hydrogen) atoms. The fourth-order valence-corrected chi connectivity index (χ4v) is 1.95. The van der Waals surface area contributed by atoms with Crippen molar-refractivity contribution >= 4 is 34.7 Å². The largest absolute Gasteiger partial charge is 0.418 e. The first-order chi connectivity index (χ1) is 8.77. The van der Waals surface area contributed by atoms with Crippen molar-refractivity contribution in [3.8, 4) is 0 Å². The van der Waals surface area contributed by atoms with Crippen molar-refractivity contribution in [1.82, 2.24) is 0 Å². The van der Waals surface area contributed by atoms with Crippen LogP contribution in [0, 0.1) is 0 Å². The molecule has 0 fully saturated rings. The standard InChI is InChI=1S/C10H4ClF3N2O3/c11-3-1-2-4-5(6(3)10(12,13)14)8(17)7(16-19)9(18)15-4/h1-2,19H,(H,15,18)/b16-7-. The van der Waals surface area contributed by atoms with Crippen molar-refractivity contribution in [1.29, 1.82) is 0 Å². The van der Waals surface area contributed by atoms with Gasteiger partial charge in [-0.2, -0.15) is 13.2 Å². The predicted molar refractivity (Wildman–Crippen MR) is 58.6 cm³/mol. The minimum atomic E-state index is -4.89. The molecule has 0 aliphatic carbocycles. The van der Waals surface area contributed by atoms with Gasteiger partial charge in [0.1, 0.15) is 0 Å². The number of hydrogen-bond acceptors (Lipinski definition) is 4. The van der Waals surface area contributed by atoms with Gasteiger partial charge in [0.2, 0.25) is 11.5 Å². The first-order valence-electron chi connectivity index (χ1n) is 4.75. The van der Waals surface area contributed by atoms with Crippen LogP contribution in [0.4, 0.5) is 18.9 Å². The molecule has 0 unspecified atom stereocenters. The summed E-state index contributed by atoms with van der Waals surface area (Å²) < 4.78 is 38.7. The molecule has 1 aliphatic rings. The number of rotatable bonds is 0. The first-order valence-corrected chi connectivity index (χ1v) is 5.13. The number of alkyl halides is 3. The van der Waals surface area contributed by atoms with E-state index in [0.29, 0.717) is 0 Å². The molecule has 9 heteroatoms. The van der Waals surface area contributed by atoms with E-state index in [1.54, 1.807) is 0 Å². The molecule has 1 amide bonds. The Morgan fingerprint density at radius 3 is 2.42 bits per heavy atom. The maximum Gasteiger partial charge on any atom is 0.418 e. The van der Waals surface area contributed by atoms with Crippen LogP contribution >= 0.6 is 11.6 Å². The fraction of sp³-hybridized carbons (Fsp3) is 0.100. The summed E-state index contributed by atoms with van der Waals surface area (Å²) in [5.41, 5.74) is -3.58. The number of oxime groups is 1. The third kappa shape index (κ3) is 2.03. The van der Waals surface area contributed by atoms with E-state index in [9.17, 15) is 22.8 Å². The molecule has 0 bridgehead atoms. The van der Waals surface area contributed by atoms with E-state index in [-0.39, 0.29) is 5.69 Å². The van der Waals surface area contributed by atoms with Crippen molar-refractivity contribution in [2.24, 2.45) is 5.16 Å². The molecule has 0 aromatic heterocycles. The highest BCUT2D eigenvalue weighted by Crippen LogP contribution is 2.41. The molecule has 0 atom stereocenters. The van der Waals surface area contributed by atoms with Gasteiger partial charge < -0.3 is 10.5 Å². The Balaban J connectivity index is 2.79. The number of amides is 1. The lowest BCUT2D eigenvalue weighted by atomic mass is 9.94. The van der Waals surface area contributed by atoms with Crippen LogP contribution in [0.15, 0.2) is 17.3 Å². The second kappa shape index (κ2) is 4.23. The van der Waals surface area contributed by atoms with Gasteiger partial charge in [-0.15, -0.1) is 0 Å². The second-order valence-corrected chi connectivity index (χ2v) is 3.98. The van der Waals surface area contributed by atoms with Gasteiger partial charge in [0, 0.05) is 0 Å². The van der Waals surface area contributed by atoms with Crippen LogP contribution in [-0.4, -0.2) is 22.6 Å². The molecule has 100 valence electrons. The van der Waals surface area contributed by atoms with E-state index in [2.05, 4.69) is 5.16 Å². The van der Waals surface area contributed by atoms with Crippen molar-refractivity contribution in [3.63, 3.8) is 0 Å². The van der Waals surface area contributed by atoms with Gasteiger partial charge in [-0.05, 0) is 12.1 Å². The van der Waals surface area contributed by atoms with Crippen LogP contribution < -0.4 is 5.32 Å². The van der Waals surface area contributed by atoms with Gasteiger partial charge >= 0.3 is 6.18 Å². The zero-order chi connectivity index (χ0) is 14.4. The average Bonchev–Trinajstić information content (AvgIpc) is 2.29. The topological polar surface area (TPSA) is 78.8 Å². The normalized spacial score (nSPS) is 17.4. The summed E-state index contributed by atoms with van der Waals surface area (Å²) in [6.07, 6.45) is -4.89. The van der Waals surface area contributed by atoms with Crippen LogP contribution in [0.2, 0.25) is 5.02 Å². The Hall–Kier alpha value is -2.09. The highest BCUT2D eigenvalue weighted by atomic mass is 35.5. The Labute approximate surface area is 108 Å². The van der Waals surface area contributed by atoms with Crippen LogP contribution in [0.5, 0.6) is 0 Å². The number of carbonyl (C=O) groups excluding carboxylic acids is 2. The third-order valence-electron chi connectivity index (χ3n) is 2.44. The number of halogens is 4. The molecule has 5 nitrogen and oxygen atoms in total. The lowest BCUT2D eigenvalue weighted by Crippen LogP contribution is -2.37. The zero-order valence-corrected chi connectivity index (χ0v) is 9.63. The van der Waals surface area contributed by atoms with Gasteiger partial charge in [0.05, 0.1) is 21.8 Å². The predicted octanol–water partition coefficient (Wildman–Crippen LogP) is 2.32. The molecule has 0 saturated carbocycles. The molecule has 0 spiro atoms. The number of benzene rings is 1. The SMILES string of the molecule is O=C1Nc2ccc(Cl)c(C(F)(F)F)c2C(=O)/C1=N/O. The molecule has 1 aromatic carbocycles. The smallest absolute Gasteiger partial charge is 0.410 e. The zero-order valence-electron chi connectivity index (χ0n) is 8.88.